The van der Waals surface area contributed by atoms with E-state index in [2.05, 4.69) is 62.3 Å². The number of aromatic nitrogens is 2. The van der Waals surface area contributed by atoms with Crippen LogP contribution in [0.15, 0.2) is 53.8 Å². The first kappa shape index (κ1) is 18.7. The number of benzene rings is 1. The SMILES string of the molecule is CCNC(=NCC1(c2ccccc2)CCC1)N1CCN(c2ncccn2)CC1. The Morgan fingerprint density at radius 1 is 1.04 bits per heavy atom. The van der Waals surface area contributed by atoms with Crippen molar-refractivity contribution in [3.8, 4) is 0 Å². The molecule has 28 heavy (non-hydrogen) atoms. The number of rotatable bonds is 5. The van der Waals surface area contributed by atoms with E-state index in [0.29, 0.717) is 0 Å². The molecular formula is C22H30N6. The molecule has 1 aromatic carbocycles. The fraction of sp³-hybridized carbons (Fsp3) is 0.500. The molecule has 1 aliphatic heterocycles. The molecule has 6 heteroatoms. The van der Waals surface area contributed by atoms with Crippen LogP contribution in [0.1, 0.15) is 31.7 Å². The molecule has 0 amide bonds. The summed E-state index contributed by atoms with van der Waals surface area (Å²) >= 11 is 0. The summed E-state index contributed by atoms with van der Waals surface area (Å²) in [4.78, 5) is 18.5. The van der Waals surface area contributed by atoms with Crippen molar-refractivity contribution >= 4 is 11.9 Å². The number of hydrogen-bond donors (Lipinski definition) is 1. The summed E-state index contributed by atoms with van der Waals surface area (Å²) in [7, 11) is 0. The quantitative estimate of drug-likeness (QED) is 0.640. The average molecular weight is 379 g/mol. The van der Waals surface area contributed by atoms with Gasteiger partial charge in [-0.2, -0.15) is 0 Å². The summed E-state index contributed by atoms with van der Waals surface area (Å²) in [5.41, 5.74) is 1.66. The van der Waals surface area contributed by atoms with Gasteiger partial charge in [0, 0.05) is 50.5 Å². The summed E-state index contributed by atoms with van der Waals surface area (Å²) in [5, 5.41) is 3.51. The van der Waals surface area contributed by atoms with E-state index in [4.69, 9.17) is 4.99 Å². The molecular weight excluding hydrogens is 348 g/mol. The highest BCUT2D eigenvalue weighted by atomic mass is 15.4. The molecule has 0 radical (unpaired) electrons. The van der Waals surface area contributed by atoms with E-state index in [1.165, 1.54) is 24.8 Å². The smallest absolute Gasteiger partial charge is 0.225 e. The minimum absolute atomic E-state index is 0.224. The fourth-order valence-electron chi connectivity index (χ4n) is 4.16. The average Bonchev–Trinajstić information content (AvgIpc) is 2.74. The highest BCUT2D eigenvalue weighted by Crippen LogP contribution is 2.43. The Kier molecular flexibility index (Phi) is 5.74. The predicted molar refractivity (Wildman–Crippen MR) is 114 cm³/mol. The molecule has 6 nitrogen and oxygen atoms in total. The molecule has 4 rings (SSSR count). The van der Waals surface area contributed by atoms with Crippen LogP contribution >= 0.6 is 0 Å². The van der Waals surface area contributed by atoms with Crippen molar-refractivity contribution in [3.05, 3.63) is 54.4 Å². The molecule has 2 heterocycles. The van der Waals surface area contributed by atoms with Gasteiger partial charge in [0.2, 0.25) is 5.95 Å². The summed E-state index contributed by atoms with van der Waals surface area (Å²) in [5.74, 6) is 1.86. The number of nitrogens with one attached hydrogen (secondary N) is 1. The Morgan fingerprint density at radius 2 is 1.75 bits per heavy atom. The van der Waals surface area contributed by atoms with Crippen LogP contribution in [0, 0.1) is 0 Å². The standard InChI is InChI=1S/C22H30N6/c1-2-23-20(26-18-22(10-6-11-22)19-8-4-3-5-9-19)27-14-16-28(17-15-27)21-24-12-7-13-25-21/h3-5,7-9,12-13H,2,6,10-11,14-18H2,1H3,(H,23,26). The molecule has 2 fully saturated rings. The van der Waals surface area contributed by atoms with Crippen molar-refractivity contribution in [1.82, 2.24) is 20.2 Å². The van der Waals surface area contributed by atoms with Crippen LogP contribution in [0.5, 0.6) is 0 Å². The van der Waals surface area contributed by atoms with E-state index in [9.17, 15) is 0 Å². The van der Waals surface area contributed by atoms with Gasteiger partial charge in [0.25, 0.3) is 0 Å². The van der Waals surface area contributed by atoms with E-state index in [1.807, 2.05) is 18.5 Å². The van der Waals surface area contributed by atoms with E-state index >= 15 is 0 Å². The summed E-state index contributed by atoms with van der Waals surface area (Å²) < 4.78 is 0. The van der Waals surface area contributed by atoms with Crippen molar-refractivity contribution in [1.29, 1.82) is 0 Å². The van der Waals surface area contributed by atoms with Gasteiger partial charge in [-0.3, -0.25) is 4.99 Å². The molecule has 0 spiro atoms. The van der Waals surface area contributed by atoms with Crippen molar-refractivity contribution in [2.24, 2.45) is 4.99 Å². The van der Waals surface area contributed by atoms with Gasteiger partial charge in [-0.15, -0.1) is 0 Å². The Morgan fingerprint density at radius 3 is 2.36 bits per heavy atom. The number of piperazine rings is 1. The molecule has 2 aliphatic rings. The normalized spacial score (nSPS) is 19.2. The molecule has 0 atom stereocenters. The summed E-state index contributed by atoms with van der Waals surface area (Å²) in [6.07, 6.45) is 7.39. The van der Waals surface area contributed by atoms with E-state index in [1.54, 1.807) is 0 Å². The second-order valence-corrected chi connectivity index (χ2v) is 7.69. The molecule has 1 aromatic heterocycles. The lowest BCUT2D eigenvalue weighted by atomic mass is 9.64. The molecule has 148 valence electrons. The van der Waals surface area contributed by atoms with Gasteiger partial charge in [0.1, 0.15) is 0 Å². The zero-order valence-electron chi connectivity index (χ0n) is 16.7. The van der Waals surface area contributed by atoms with Gasteiger partial charge in [0.05, 0.1) is 6.54 Å². The first-order valence-corrected chi connectivity index (χ1v) is 10.4. The Bertz CT molecular complexity index is 764. The number of hydrogen-bond acceptors (Lipinski definition) is 4. The molecule has 0 bridgehead atoms. The topological polar surface area (TPSA) is 56.7 Å². The third-order valence-corrected chi connectivity index (χ3v) is 5.98. The number of aliphatic imine (C=N–C) groups is 1. The number of nitrogens with zero attached hydrogens (tertiary/aromatic N) is 5. The van der Waals surface area contributed by atoms with Crippen LogP contribution in [-0.2, 0) is 5.41 Å². The number of guanidine groups is 1. The molecule has 1 saturated carbocycles. The molecule has 1 N–H and O–H groups in total. The van der Waals surface area contributed by atoms with Crippen molar-refractivity contribution in [2.45, 2.75) is 31.6 Å². The second kappa shape index (κ2) is 8.59. The van der Waals surface area contributed by atoms with Gasteiger partial charge < -0.3 is 15.1 Å². The van der Waals surface area contributed by atoms with Gasteiger partial charge in [-0.05, 0) is 31.4 Å². The summed E-state index contributed by atoms with van der Waals surface area (Å²) in [6, 6.07) is 12.8. The fourth-order valence-corrected chi connectivity index (χ4v) is 4.16. The Hall–Kier alpha value is -2.63. The van der Waals surface area contributed by atoms with Gasteiger partial charge in [-0.1, -0.05) is 36.8 Å². The zero-order chi connectivity index (χ0) is 19.2. The van der Waals surface area contributed by atoms with Crippen LogP contribution in [0.25, 0.3) is 0 Å². The van der Waals surface area contributed by atoms with E-state index < -0.39 is 0 Å². The first-order valence-electron chi connectivity index (χ1n) is 10.4. The maximum atomic E-state index is 5.09. The van der Waals surface area contributed by atoms with E-state index in [0.717, 1.165) is 51.2 Å². The zero-order valence-corrected chi connectivity index (χ0v) is 16.7. The van der Waals surface area contributed by atoms with Crippen molar-refractivity contribution < 1.29 is 0 Å². The van der Waals surface area contributed by atoms with Crippen molar-refractivity contribution in [2.75, 3.05) is 44.2 Å². The third-order valence-electron chi connectivity index (χ3n) is 5.98. The minimum atomic E-state index is 0.224. The van der Waals surface area contributed by atoms with Crippen LogP contribution < -0.4 is 10.2 Å². The van der Waals surface area contributed by atoms with Crippen LogP contribution in [-0.4, -0.2) is 60.1 Å². The molecule has 1 saturated heterocycles. The lowest BCUT2D eigenvalue weighted by molar-refractivity contribution is 0.251. The van der Waals surface area contributed by atoms with Gasteiger partial charge >= 0.3 is 0 Å². The van der Waals surface area contributed by atoms with Crippen molar-refractivity contribution in [3.63, 3.8) is 0 Å². The molecule has 0 unspecified atom stereocenters. The summed E-state index contributed by atoms with van der Waals surface area (Å²) in [6.45, 7) is 7.59. The van der Waals surface area contributed by atoms with Gasteiger partial charge in [0.15, 0.2) is 5.96 Å². The maximum absolute atomic E-state index is 5.09. The molecule has 1 aliphatic carbocycles. The van der Waals surface area contributed by atoms with Crippen LogP contribution in [0.2, 0.25) is 0 Å². The van der Waals surface area contributed by atoms with E-state index in [-0.39, 0.29) is 5.41 Å². The monoisotopic (exact) mass is 378 g/mol. The lowest BCUT2D eigenvalue weighted by Gasteiger charge is -2.42. The third kappa shape index (κ3) is 3.96. The molecule has 2 aromatic rings. The van der Waals surface area contributed by atoms with Gasteiger partial charge in [-0.25, -0.2) is 9.97 Å². The predicted octanol–water partition coefficient (Wildman–Crippen LogP) is 2.69. The minimum Gasteiger partial charge on any atom is -0.357 e. The Labute approximate surface area is 167 Å². The second-order valence-electron chi connectivity index (χ2n) is 7.69. The largest absolute Gasteiger partial charge is 0.357 e. The van der Waals surface area contributed by atoms with Crippen LogP contribution in [0.4, 0.5) is 5.95 Å². The highest BCUT2D eigenvalue weighted by Gasteiger charge is 2.38. The highest BCUT2D eigenvalue weighted by molar-refractivity contribution is 5.80. The lowest BCUT2D eigenvalue weighted by Crippen LogP contribution is -2.53. The first-order chi connectivity index (χ1) is 13.8. The Balaban J connectivity index is 1.43. The maximum Gasteiger partial charge on any atom is 0.225 e. The van der Waals surface area contributed by atoms with Crippen LogP contribution in [0.3, 0.4) is 0 Å². The number of anilines is 1.